The SMILES string of the molecule is CC(C)(C)OC(=O)N1CCOCC1C(N)CCCS(C)(=O)=O. The van der Waals surface area contributed by atoms with Gasteiger partial charge in [-0.1, -0.05) is 0 Å². The highest BCUT2D eigenvalue weighted by atomic mass is 32.2. The Bertz CT molecular complexity index is 472. The van der Waals surface area contributed by atoms with Crippen LogP contribution in [-0.4, -0.2) is 68.9 Å². The van der Waals surface area contributed by atoms with Gasteiger partial charge in [-0.15, -0.1) is 0 Å². The van der Waals surface area contributed by atoms with Crippen molar-refractivity contribution < 1.29 is 22.7 Å². The minimum absolute atomic E-state index is 0.0979. The lowest BCUT2D eigenvalue weighted by Crippen LogP contribution is -2.57. The monoisotopic (exact) mass is 336 g/mol. The van der Waals surface area contributed by atoms with Gasteiger partial charge in [0.15, 0.2) is 0 Å². The van der Waals surface area contributed by atoms with Gasteiger partial charge in [-0.05, 0) is 33.6 Å². The number of hydrogen-bond donors (Lipinski definition) is 1. The van der Waals surface area contributed by atoms with Crippen LogP contribution in [0, 0.1) is 0 Å². The molecular formula is C14H28N2O5S. The smallest absolute Gasteiger partial charge is 0.410 e. The molecule has 1 aliphatic rings. The fraction of sp³-hybridized carbons (Fsp3) is 0.929. The Labute approximate surface area is 133 Å². The maximum absolute atomic E-state index is 12.3. The fourth-order valence-corrected chi connectivity index (χ4v) is 2.99. The first kappa shape index (κ1) is 19.2. The van der Waals surface area contributed by atoms with Crippen molar-refractivity contribution in [3.63, 3.8) is 0 Å². The molecule has 22 heavy (non-hydrogen) atoms. The molecule has 7 nitrogen and oxygen atoms in total. The zero-order valence-electron chi connectivity index (χ0n) is 13.9. The third kappa shape index (κ3) is 6.93. The molecule has 0 bridgehead atoms. The average molecular weight is 336 g/mol. The summed E-state index contributed by atoms with van der Waals surface area (Å²) in [5.74, 6) is 0.0979. The van der Waals surface area contributed by atoms with Crippen LogP contribution in [-0.2, 0) is 19.3 Å². The van der Waals surface area contributed by atoms with Crippen molar-refractivity contribution in [2.45, 2.75) is 51.3 Å². The summed E-state index contributed by atoms with van der Waals surface area (Å²) >= 11 is 0. The van der Waals surface area contributed by atoms with Gasteiger partial charge in [-0.2, -0.15) is 0 Å². The summed E-state index contributed by atoms with van der Waals surface area (Å²) in [5.41, 5.74) is 5.58. The van der Waals surface area contributed by atoms with Gasteiger partial charge in [0.05, 0.1) is 19.3 Å². The average Bonchev–Trinajstić information content (AvgIpc) is 2.35. The third-order valence-electron chi connectivity index (χ3n) is 3.34. The number of ether oxygens (including phenoxy) is 2. The number of carbonyl (C=O) groups is 1. The molecule has 0 saturated carbocycles. The van der Waals surface area contributed by atoms with Gasteiger partial charge in [0.25, 0.3) is 0 Å². The summed E-state index contributed by atoms with van der Waals surface area (Å²) in [4.78, 5) is 13.9. The maximum atomic E-state index is 12.3. The van der Waals surface area contributed by atoms with E-state index in [9.17, 15) is 13.2 Å². The van der Waals surface area contributed by atoms with Crippen LogP contribution in [0.25, 0.3) is 0 Å². The van der Waals surface area contributed by atoms with Crippen molar-refractivity contribution in [1.82, 2.24) is 4.90 Å². The number of hydrogen-bond acceptors (Lipinski definition) is 6. The lowest BCUT2D eigenvalue weighted by Gasteiger charge is -2.39. The minimum Gasteiger partial charge on any atom is -0.444 e. The van der Waals surface area contributed by atoms with E-state index in [-0.39, 0.29) is 17.8 Å². The minimum atomic E-state index is -3.00. The molecule has 0 aromatic carbocycles. The second-order valence-corrected chi connectivity index (χ2v) is 9.01. The van der Waals surface area contributed by atoms with Gasteiger partial charge >= 0.3 is 6.09 Å². The van der Waals surface area contributed by atoms with Crippen LogP contribution in [0.2, 0.25) is 0 Å². The molecule has 1 heterocycles. The first-order valence-corrected chi connectivity index (χ1v) is 9.56. The molecule has 1 aliphatic heterocycles. The first-order chi connectivity index (χ1) is 9.99. The molecule has 0 aliphatic carbocycles. The summed E-state index contributed by atoms with van der Waals surface area (Å²) in [6.07, 6.45) is 1.79. The van der Waals surface area contributed by atoms with E-state index in [1.54, 1.807) is 4.90 Å². The molecule has 0 radical (unpaired) electrons. The highest BCUT2D eigenvalue weighted by Crippen LogP contribution is 2.18. The van der Waals surface area contributed by atoms with Crippen LogP contribution in [0.4, 0.5) is 4.79 Å². The van der Waals surface area contributed by atoms with Crippen LogP contribution in [0.3, 0.4) is 0 Å². The Kier molecular flexibility index (Phi) is 6.64. The topological polar surface area (TPSA) is 98.9 Å². The van der Waals surface area contributed by atoms with Crippen molar-refractivity contribution in [2.24, 2.45) is 5.73 Å². The fourth-order valence-electron chi connectivity index (χ4n) is 2.30. The highest BCUT2D eigenvalue weighted by molar-refractivity contribution is 7.90. The van der Waals surface area contributed by atoms with Crippen molar-refractivity contribution in [3.05, 3.63) is 0 Å². The second-order valence-electron chi connectivity index (χ2n) is 6.75. The number of sulfone groups is 1. The Hall–Kier alpha value is -0.860. The number of nitrogens with two attached hydrogens (primary N) is 1. The quantitative estimate of drug-likeness (QED) is 0.796. The van der Waals surface area contributed by atoms with Gasteiger partial charge in [0, 0.05) is 24.6 Å². The van der Waals surface area contributed by atoms with Gasteiger partial charge in [-0.3, -0.25) is 4.90 Å². The van der Waals surface area contributed by atoms with E-state index in [1.807, 2.05) is 20.8 Å². The highest BCUT2D eigenvalue weighted by Gasteiger charge is 2.34. The maximum Gasteiger partial charge on any atom is 0.410 e. The van der Waals surface area contributed by atoms with E-state index < -0.39 is 21.5 Å². The van der Waals surface area contributed by atoms with Crippen LogP contribution >= 0.6 is 0 Å². The zero-order chi connectivity index (χ0) is 17.0. The van der Waals surface area contributed by atoms with E-state index >= 15 is 0 Å². The summed E-state index contributed by atoms with van der Waals surface area (Å²) in [6, 6.07) is -0.627. The molecule has 8 heteroatoms. The first-order valence-electron chi connectivity index (χ1n) is 7.50. The van der Waals surface area contributed by atoms with E-state index in [1.165, 1.54) is 6.26 Å². The number of morpholine rings is 1. The molecular weight excluding hydrogens is 308 g/mol. The summed E-state index contributed by atoms with van der Waals surface area (Å²) in [5, 5.41) is 0. The molecule has 1 saturated heterocycles. The zero-order valence-corrected chi connectivity index (χ0v) is 14.7. The molecule has 2 unspecified atom stereocenters. The van der Waals surface area contributed by atoms with E-state index in [0.29, 0.717) is 32.6 Å². The van der Waals surface area contributed by atoms with Crippen LogP contribution < -0.4 is 5.73 Å². The summed E-state index contributed by atoms with van der Waals surface area (Å²) in [6.45, 7) is 6.66. The predicted molar refractivity (Wildman–Crippen MR) is 84.5 cm³/mol. The van der Waals surface area contributed by atoms with Gasteiger partial charge < -0.3 is 15.2 Å². The van der Waals surface area contributed by atoms with Crippen molar-refractivity contribution in [1.29, 1.82) is 0 Å². The number of nitrogens with zero attached hydrogens (tertiary/aromatic N) is 1. The standard InChI is InChI=1S/C14H28N2O5S/c1-14(2,3)21-13(17)16-7-8-20-10-12(16)11(15)6-5-9-22(4,18)19/h11-12H,5-10,15H2,1-4H3. The van der Waals surface area contributed by atoms with Crippen LogP contribution in [0.15, 0.2) is 0 Å². The lowest BCUT2D eigenvalue weighted by molar-refractivity contribution is -0.0385. The van der Waals surface area contributed by atoms with Crippen molar-refractivity contribution in [2.75, 3.05) is 31.8 Å². The van der Waals surface area contributed by atoms with Gasteiger partial charge in [-0.25, -0.2) is 13.2 Å². The largest absolute Gasteiger partial charge is 0.444 e. The number of rotatable bonds is 5. The molecule has 1 amide bonds. The molecule has 0 aromatic heterocycles. The summed E-state index contributed by atoms with van der Waals surface area (Å²) < 4.78 is 33.1. The van der Waals surface area contributed by atoms with E-state index in [0.717, 1.165) is 0 Å². The van der Waals surface area contributed by atoms with Crippen LogP contribution in [0.1, 0.15) is 33.6 Å². The lowest BCUT2D eigenvalue weighted by atomic mass is 10.0. The summed E-state index contributed by atoms with van der Waals surface area (Å²) in [7, 11) is -3.00. The molecule has 0 aromatic rings. The normalized spacial score (nSPS) is 21.5. The Morgan fingerprint density at radius 2 is 2.09 bits per heavy atom. The van der Waals surface area contributed by atoms with Gasteiger partial charge in [0.2, 0.25) is 0 Å². The number of amides is 1. The second kappa shape index (κ2) is 7.61. The van der Waals surface area contributed by atoms with Crippen molar-refractivity contribution in [3.8, 4) is 0 Å². The number of carbonyl (C=O) groups excluding carboxylic acids is 1. The molecule has 1 rings (SSSR count). The molecule has 130 valence electrons. The molecule has 2 atom stereocenters. The molecule has 0 spiro atoms. The van der Waals surface area contributed by atoms with E-state index in [4.69, 9.17) is 15.2 Å². The third-order valence-corrected chi connectivity index (χ3v) is 4.37. The molecule has 1 fully saturated rings. The van der Waals surface area contributed by atoms with E-state index in [2.05, 4.69) is 0 Å². The van der Waals surface area contributed by atoms with Gasteiger partial charge in [0.1, 0.15) is 15.4 Å². The van der Waals surface area contributed by atoms with Crippen molar-refractivity contribution >= 4 is 15.9 Å². The Morgan fingerprint density at radius 1 is 1.45 bits per heavy atom. The molecule has 2 N–H and O–H groups in total. The van der Waals surface area contributed by atoms with Crippen LogP contribution in [0.5, 0.6) is 0 Å². The Morgan fingerprint density at radius 3 is 2.64 bits per heavy atom. The Balaban J connectivity index is 2.62. The predicted octanol–water partition coefficient (Wildman–Crippen LogP) is 0.774.